The zero-order valence-electron chi connectivity index (χ0n) is 12.5. The molecule has 2 heterocycles. The van der Waals surface area contributed by atoms with Crippen LogP contribution in [0.5, 0.6) is 0 Å². The maximum atomic E-state index is 6.12. The van der Waals surface area contributed by atoms with Crippen LogP contribution < -0.4 is 5.46 Å². The van der Waals surface area contributed by atoms with Gasteiger partial charge in [-0.25, -0.2) is 0 Å². The summed E-state index contributed by atoms with van der Waals surface area (Å²) in [6, 6.07) is 2.01. The Morgan fingerprint density at radius 3 is 2.37 bits per heavy atom. The van der Waals surface area contributed by atoms with Crippen LogP contribution in [0.3, 0.4) is 0 Å². The molecule has 0 atom stereocenters. The van der Waals surface area contributed by atoms with Crippen LogP contribution in [-0.4, -0.2) is 23.3 Å². The second kappa shape index (κ2) is 4.76. The number of allylic oxidation sites excluding steroid dienone is 1. The molecule has 0 amide bonds. The molecule has 1 fully saturated rings. The Balaban J connectivity index is 2.41. The van der Waals surface area contributed by atoms with Crippen LogP contribution in [-0.2, 0) is 15.7 Å². The molecule has 0 radical (unpaired) electrons. The molecule has 1 aliphatic rings. The predicted octanol–water partition coefficient (Wildman–Crippen LogP) is 2.42. The maximum absolute atomic E-state index is 6.12. The number of pyridine rings is 1. The van der Waals surface area contributed by atoms with Crippen molar-refractivity contribution in [2.45, 2.75) is 52.2 Å². The highest BCUT2D eigenvalue weighted by Crippen LogP contribution is 2.36. The monoisotopic (exact) mass is 259 g/mol. The van der Waals surface area contributed by atoms with Gasteiger partial charge in [0.2, 0.25) is 0 Å². The van der Waals surface area contributed by atoms with Crippen molar-refractivity contribution >= 4 is 12.6 Å². The molecule has 4 heteroatoms. The van der Waals surface area contributed by atoms with Crippen LogP contribution >= 0.6 is 0 Å². The lowest BCUT2D eigenvalue weighted by molar-refractivity contribution is 0.00578. The average molecular weight is 259 g/mol. The zero-order valence-corrected chi connectivity index (χ0v) is 12.5. The highest BCUT2D eigenvalue weighted by molar-refractivity contribution is 6.63. The van der Waals surface area contributed by atoms with Gasteiger partial charge in [0, 0.05) is 17.4 Å². The van der Waals surface area contributed by atoms with Crippen molar-refractivity contribution in [3.63, 3.8) is 0 Å². The molecule has 0 bridgehead atoms. The molecular weight excluding hydrogens is 237 g/mol. The molecule has 0 aliphatic carbocycles. The van der Waals surface area contributed by atoms with Gasteiger partial charge in [0.05, 0.1) is 11.2 Å². The largest absolute Gasteiger partial charge is 0.497 e. The van der Waals surface area contributed by atoms with Crippen molar-refractivity contribution in [3.8, 4) is 0 Å². The minimum Gasteiger partial charge on any atom is -0.399 e. The maximum Gasteiger partial charge on any atom is 0.497 e. The SMILES string of the molecule is C=CCc1ccnc(C)c1B1OC(C)(C)C(C)(C)O1. The number of aryl methyl sites for hydroxylation is 1. The minimum absolute atomic E-state index is 0.328. The normalized spacial score (nSPS) is 20.6. The van der Waals surface area contributed by atoms with Crippen molar-refractivity contribution in [3.05, 3.63) is 36.2 Å². The highest BCUT2D eigenvalue weighted by atomic mass is 16.7. The number of hydrogen-bond donors (Lipinski definition) is 0. The first kappa shape index (κ1) is 14.3. The van der Waals surface area contributed by atoms with Crippen molar-refractivity contribution < 1.29 is 9.31 Å². The van der Waals surface area contributed by atoms with Gasteiger partial charge in [-0.15, -0.1) is 6.58 Å². The molecule has 3 nitrogen and oxygen atoms in total. The summed E-state index contributed by atoms with van der Waals surface area (Å²) in [5.41, 5.74) is 2.51. The number of rotatable bonds is 3. The zero-order chi connectivity index (χ0) is 14.3. The second-order valence-corrected chi connectivity index (χ2v) is 6.05. The van der Waals surface area contributed by atoms with Gasteiger partial charge < -0.3 is 9.31 Å². The Kier molecular flexibility index (Phi) is 3.58. The Morgan fingerprint density at radius 1 is 1.26 bits per heavy atom. The first-order chi connectivity index (χ1) is 8.78. The van der Waals surface area contributed by atoms with E-state index in [1.807, 2.05) is 25.3 Å². The average Bonchev–Trinajstić information content (AvgIpc) is 2.48. The van der Waals surface area contributed by atoms with E-state index in [-0.39, 0.29) is 18.3 Å². The predicted molar refractivity (Wildman–Crippen MR) is 78.6 cm³/mol. The molecule has 1 aromatic rings. The van der Waals surface area contributed by atoms with Crippen LogP contribution in [0.2, 0.25) is 0 Å². The minimum atomic E-state index is -0.353. The standard InChI is InChI=1S/C15H22BNO2/c1-7-8-12-9-10-17-11(2)13(12)16-18-14(3,4)15(5,6)19-16/h7,9-10H,1,8H2,2-6H3. The molecule has 0 spiro atoms. The van der Waals surface area contributed by atoms with Crippen molar-refractivity contribution in [2.75, 3.05) is 0 Å². The van der Waals surface area contributed by atoms with Crippen molar-refractivity contribution in [1.82, 2.24) is 4.98 Å². The molecular formula is C15H22BNO2. The Hall–Kier alpha value is -1.13. The molecule has 0 saturated carbocycles. The number of nitrogens with zero attached hydrogens (tertiary/aromatic N) is 1. The highest BCUT2D eigenvalue weighted by Gasteiger charge is 2.52. The summed E-state index contributed by atoms with van der Waals surface area (Å²) in [6.07, 6.45) is 4.51. The third-order valence-corrected chi connectivity index (χ3v) is 4.13. The molecule has 102 valence electrons. The molecule has 1 aromatic heterocycles. The lowest BCUT2D eigenvalue weighted by Crippen LogP contribution is -2.41. The van der Waals surface area contributed by atoms with Gasteiger partial charge in [-0.3, -0.25) is 4.98 Å². The van der Waals surface area contributed by atoms with Gasteiger partial charge in [-0.05, 0) is 52.7 Å². The van der Waals surface area contributed by atoms with E-state index in [0.29, 0.717) is 0 Å². The molecule has 1 aliphatic heterocycles. The second-order valence-electron chi connectivity index (χ2n) is 6.05. The topological polar surface area (TPSA) is 31.4 Å². The van der Waals surface area contributed by atoms with Crippen molar-refractivity contribution in [2.24, 2.45) is 0 Å². The van der Waals surface area contributed by atoms with Gasteiger partial charge in [-0.1, -0.05) is 6.08 Å². The van der Waals surface area contributed by atoms with Crippen molar-refractivity contribution in [1.29, 1.82) is 0 Å². The van der Waals surface area contributed by atoms with E-state index in [1.54, 1.807) is 0 Å². The number of aromatic nitrogens is 1. The smallest absolute Gasteiger partial charge is 0.399 e. The summed E-state index contributed by atoms with van der Waals surface area (Å²) in [4.78, 5) is 4.37. The van der Waals surface area contributed by atoms with Crippen LogP contribution in [0.1, 0.15) is 39.0 Å². The molecule has 0 unspecified atom stereocenters. The Bertz CT molecular complexity index is 481. The molecule has 0 N–H and O–H groups in total. The fraction of sp³-hybridized carbons (Fsp3) is 0.533. The lowest BCUT2D eigenvalue weighted by Gasteiger charge is -2.32. The third-order valence-electron chi connectivity index (χ3n) is 4.13. The fourth-order valence-corrected chi connectivity index (χ4v) is 2.25. The van der Waals surface area contributed by atoms with Gasteiger partial charge in [-0.2, -0.15) is 0 Å². The van der Waals surface area contributed by atoms with E-state index in [4.69, 9.17) is 9.31 Å². The first-order valence-electron chi connectivity index (χ1n) is 6.69. The quantitative estimate of drug-likeness (QED) is 0.617. The van der Waals surface area contributed by atoms with Gasteiger partial charge in [0.15, 0.2) is 0 Å². The van der Waals surface area contributed by atoms with E-state index in [9.17, 15) is 0 Å². The van der Waals surface area contributed by atoms with Gasteiger partial charge >= 0.3 is 7.12 Å². The van der Waals surface area contributed by atoms with Crippen LogP contribution in [0.25, 0.3) is 0 Å². The van der Waals surface area contributed by atoms with Crippen LogP contribution in [0, 0.1) is 6.92 Å². The summed E-state index contributed by atoms with van der Waals surface area (Å²) in [7, 11) is -0.353. The van der Waals surface area contributed by atoms with Gasteiger partial charge in [0.1, 0.15) is 0 Å². The Labute approximate surface area is 116 Å². The molecule has 1 saturated heterocycles. The summed E-state index contributed by atoms with van der Waals surface area (Å²) >= 11 is 0. The third kappa shape index (κ3) is 2.47. The van der Waals surface area contributed by atoms with Crippen LogP contribution in [0.15, 0.2) is 24.9 Å². The first-order valence-corrected chi connectivity index (χ1v) is 6.69. The van der Waals surface area contributed by atoms with E-state index in [1.165, 1.54) is 5.56 Å². The van der Waals surface area contributed by atoms with Gasteiger partial charge in [0.25, 0.3) is 0 Å². The Morgan fingerprint density at radius 2 is 1.84 bits per heavy atom. The summed E-state index contributed by atoms with van der Waals surface area (Å²) in [6.45, 7) is 14.0. The summed E-state index contributed by atoms with van der Waals surface area (Å²) in [5, 5.41) is 0. The van der Waals surface area contributed by atoms with E-state index in [2.05, 4.69) is 39.3 Å². The molecule has 19 heavy (non-hydrogen) atoms. The molecule has 2 rings (SSSR count). The van der Waals surface area contributed by atoms with E-state index >= 15 is 0 Å². The van der Waals surface area contributed by atoms with E-state index in [0.717, 1.165) is 17.6 Å². The van der Waals surface area contributed by atoms with E-state index < -0.39 is 0 Å². The van der Waals surface area contributed by atoms with Crippen LogP contribution in [0.4, 0.5) is 0 Å². The fourth-order valence-electron chi connectivity index (χ4n) is 2.25. The molecule has 0 aromatic carbocycles. The summed E-state index contributed by atoms with van der Waals surface area (Å²) < 4.78 is 12.2. The lowest BCUT2D eigenvalue weighted by atomic mass is 9.74. The number of hydrogen-bond acceptors (Lipinski definition) is 3. The summed E-state index contributed by atoms with van der Waals surface area (Å²) in [5.74, 6) is 0.